The van der Waals surface area contributed by atoms with E-state index in [9.17, 15) is 4.79 Å². The lowest BCUT2D eigenvalue weighted by atomic mass is 9.88. The monoisotopic (exact) mass is 310 g/mol. The molecular weight excluding hydrogens is 284 g/mol. The van der Waals surface area contributed by atoms with Gasteiger partial charge in [0.1, 0.15) is 5.75 Å². The van der Waals surface area contributed by atoms with Gasteiger partial charge < -0.3 is 4.74 Å². The van der Waals surface area contributed by atoms with E-state index in [0.717, 1.165) is 49.0 Å². The van der Waals surface area contributed by atoms with Gasteiger partial charge in [-0.05, 0) is 62.8 Å². The molecule has 1 aromatic carbocycles. The van der Waals surface area contributed by atoms with Crippen LogP contribution >= 0.6 is 0 Å². The zero-order valence-electron chi connectivity index (χ0n) is 14.2. The summed E-state index contributed by atoms with van der Waals surface area (Å²) in [4.78, 5) is 12.8. The summed E-state index contributed by atoms with van der Waals surface area (Å²) in [5, 5.41) is 0. The van der Waals surface area contributed by atoms with Gasteiger partial charge in [0.05, 0.1) is 7.11 Å². The molecule has 0 amide bonds. The maximum atomic E-state index is 12.8. The number of hydrogen-bond donors (Lipinski definition) is 0. The highest BCUT2D eigenvalue weighted by Gasteiger charge is 2.32. The van der Waals surface area contributed by atoms with Gasteiger partial charge in [0.2, 0.25) is 0 Å². The molecule has 1 unspecified atom stereocenters. The number of rotatable bonds is 8. The Morgan fingerprint density at radius 1 is 1.26 bits per heavy atom. The topological polar surface area (TPSA) is 26.3 Å². The molecule has 122 valence electrons. The van der Waals surface area contributed by atoms with Gasteiger partial charge >= 0.3 is 0 Å². The van der Waals surface area contributed by atoms with Crippen molar-refractivity contribution in [2.75, 3.05) is 7.11 Å². The van der Waals surface area contributed by atoms with E-state index in [4.69, 9.17) is 4.74 Å². The van der Waals surface area contributed by atoms with Crippen molar-refractivity contribution in [3.8, 4) is 5.75 Å². The average Bonchev–Trinajstić information content (AvgIpc) is 2.90. The van der Waals surface area contributed by atoms with E-state index < -0.39 is 0 Å². The molecule has 1 atom stereocenters. The number of allylic oxidation sites excluding steroid dienone is 4. The van der Waals surface area contributed by atoms with Gasteiger partial charge in [-0.3, -0.25) is 4.79 Å². The zero-order valence-corrected chi connectivity index (χ0v) is 14.2. The largest absolute Gasteiger partial charge is 0.497 e. The third-order valence-electron chi connectivity index (χ3n) is 4.70. The predicted octanol–water partition coefficient (Wildman–Crippen LogP) is 5.30. The molecule has 0 heterocycles. The van der Waals surface area contributed by atoms with Crippen LogP contribution < -0.4 is 4.74 Å². The van der Waals surface area contributed by atoms with Gasteiger partial charge in [-0.1, -0.05) is 23.3 Å². The Labute approximate surface area is 139 Å². The lowest BCUT2D eigenvalue weighted by Gasteiger charge is -2.16. The fraction of sp³-hybridized carbons (Fsp3) is 0.381. The van der Waals surface area contributed by atoms with Crippen molar-refractivity contribution in [3.63, 3.8) is 0 Å². The van der Waals surface area contributed by atoms with Crippen molar-refractivity contribution >= 4 is 5.78 Å². The van der Waals surface area contributed by atoms with Crippen molar-refractivity contribution in [3.05, 3.63) is 65.8 Å². The standard InChI is InChI=1S/C21H26O2/c1-5-7-9-16(10-8-6-2)15(3)20-14-17-13-18(23-4)11-12-19(17)21(20)22/h5-6,11-13,20H,1-2,7-10,14H2,3-4H3. The molecule has 2 nitrogen and oxygen atoms in total. The summed E-state index contributed by atoms with van der Waals surface area (Å²) in [5.41, 5.74) is 4.56. The summed E-state index contributed by atoms with van der Waals surface area (Å²) >= 11 is 0. The first-order chi connectivity index (χ1) is 11.1. The predicted molar refractivity (Wildman–Crippen MR) is 96.1 cm³/mol. The molecule has 1 aromatic rings. The lowest BCUT2D eigenvalue weighted by Crippen LogP contribution is -2.12. The number of carbonyl (C=O) groups is 1. The summed E-state index contributed by atoms with van der Waals surface area (Å²) in [6.07, 6.45) is 8.52. The van der Waals surface area contributed by atoms with Crippen LogP contribution in [0, 0.1) is 5.92 Å². The maximum Gasteiger partial charge on any atom is 0.170 e. The smallest absolute Gasteiger partial charge is 0.170 e. The van der Waals surface area contributed by atoms with Gasteiger partial charge in [-0.15, -0.1) is 13.2 Å². The molecule has 0 saturated heterocycles. The summed E-state index contributed by atoms with van der Waals surface area (Å²) in [6.45, 7) is 9.74. The van der Waals surface area contributed by atoms with E-state index in [1.54, 1.807) is 7.11 Å². The number of ketones is 1. The summed E-state index contributed by atoms with van der Waals surface area (Å²) in [6, 6.07) is 5.76. The van der Waals surface area contributed by atoms with E-state index in [0.29, 0.717) is 0 Å². The van der Waals surface area contributed by atoms with Gasteiger partial charge in [0, 0.05) is 11.5 Å². The fourth-order valence-corrected chi connectivity index (χ4v) is 3.27. The molecule has 2 rings (SSSR count). The van der Waals surface area contributed by atoms with Crippen molar-refractivity contribution in [1.29, 1.82) is 0 Å². The Morgan fingerprint density at radius 3 is 2.48 bits per heavy atom. The number of Topliss-reactive ketones (excluding diaryl/α,β-unsaturated/α-hetero) is 1. The number of carbonyl (C=O) groups excluding carboxylic acids is 1. The second-order valence-electron chi connectivity index (χ2n) is 6.09. The molecule has 1 aliphatic carbocycles. The van der Waals surface area contributed by atoms with Crippen LogP contribution in [-0.4, -0.2) is 12.9 Å². The molecule has 23 heavy (non-hydrogen) atoms. The third kappa shape index (κ3) is 3.82. The Balaban J connectivity index is 2.28. The number of hydrogen-bond acceptors (Lipinski definition) is 2. The molecule has 0 fully saturated rings. The van der Waals surface area contributed by atoms with Gasteiger partial charge in [0.15, 0.2) is 5.78 Å². The Morgan fingerprint density at radius 2 is 1.91 bits per heavy atom. The van der Waals surface area contributed by atoms with E-state index in [1.165, 1.54) is 11.1 Å². The van der Waals surface area contributed by atoms with Gasteiger partial charge in [-0.25, -0.2) is 0 Å². The van der Waals surface area contributed by atoms with Crippen molar-refractivity contribution in [2.24, 2.45) is 5.92 Å². The third-order valence-corrected chi connectivity index (χ3v) is 4.70. The van der Waals surface area contributed by atoms with Crippen LogP contribution in [0.5, 0.6) is 5.75 Å². The van der Waals surface area contributed by atoms with Crippen molar-refractivity contribution in [1.82, 2.24) is 0 Å². The Hall–Kier alpha value is -2.09. The molecule has 1 aliphatic rings. The quantitative estimate of drug-likeness (QED) is 0.609. The first-order valence-corrected chi connectivity index (χ1v) is 8.23. The van der Waals surface area contributed by atoms with E-state index in [-0.39, 0.29) is 11.7 Å². The van der Waals surface area contributed by atoms with Crippen LogP contribution in [0.2, 0.25) is 0 Å². The summed E-state index contributed by atoms with van der Waals surface area (Å²) < 4.78 is 5.28. The van der Waals surface area contributed by atoms with E-state index in [1.807, 2.05) is 30.4 Å². The summed E-state index contributed by atoms with van der Waals surface area (Å²) in [5.74, 6) is 1.04. The molecule has 2 heteroatoms. The second kappa shape index (κ2) is 7.96. The SMILES string of the molecule is C=CCCC(CCC=C)=C(C)C1Cc2cc(OC)ccc2C1=O. The summed E-state index contributed by atoms with van der Waals surface area (Å²) in [7, 11) is 1.66. The molecule has 0 bridgehead atoms. The molecular formula is C21H26O2. The highest BCUT2D eigenvalue weighted by Crippen LogP contribution is 2.36. The Bertz CT molecular complexity index is 623. The van der Waals surface area contributed by atoms with E-state index >= 15 is 0 Å². The van der Waals surface area contributed by atoms with Crippen LogP contribution in [0.4, 0.5) is 0 Å². The lowest BCUT2D eigenvalue weighted by molar-refractivity contribution is 0.0954. The van der Waals surface area contributed by atoms with Crippen molar-refractivity contribution < 1.29 is 9.53 Å². The first-order valence-electron chi connectivity index (χ1n) is 8.23. The number of methoxy groups -OCH3 is 1. The number of fused-ring (bicyclic) bond motifs is 1. The van der Waals surface area contributed by atoms with Crippen LogP contribution in [-0.2, 0) is 6.42 Å². The fourth-order valence-electron chi connectivity index (χ4n) is 3.27. The molecule has 0 N–H and O–H groups in total. The van der Waals surface area contributed by atoms with Crippen LogP contribution in [0.25, 0.3) is 0 Å². The van der Waals surface area contributed by atoms with Gasteiger partial charge in [-0.2, -0.15) is 0 Å². The minimum atomic E-state index is -0.0262. The van der Waals surface area contributed by atoms with Gasteiger partial charge in [0.25, 0.3) is 0 Å². The minimum Gasteiger partial charge on any atom is -0.497 e. The first kappa shape index (κ1) is 17.3. The maximum absolute atomic E-state index is 12.8. The van der Waals surface area contributed by atoms with Crippen LogP contribution in [0.1, 0.15) is 48.5 Å². The zero-order chi connectivity index (χ0) is 16.8. The van der Waals surface area contributed by atoms with E-state index in [2.05, 4.69) is 20.1 Å². The molecule has 0 spiro atoms. The average molecular weight is 310 g/mol. The highest BCUT2D eigenvalue weighted by atomic mass is 16.5. The van der Waals surface area contributed by atoms with Crippen LogP contribution in [0.3, 0.4) is 0 Å². The normalized spacial score (nSPS) is 15.9. The minimum absolute atomic E-state index is 0.0262. The molecule has 0 aliphatic heterocycles. The Kier molecular flexibility index (Phi) is 5.97. The second-order valence-corrected chi connectivity index (χ2v) is 6.09. The highest BCUT2D eigenvalue weighted by molar-refractivity contribution is 6.04. The van der Waals surface area contributed by atoms with Crippen molar-refractivity contribution in [2.45, 2.75) is 39.0 Å². The molecule has 0 aromatic heterocycles. The molecule has 0 saturated carbocycles. The van der Waals surface area contributed by atoms with Crippen LogP contribution in [0.15, 0.2) is 54.7 Å². The molecule has 0 radical (unpaired) electrons. The number of benzene rings is 1. The number of ether oxygens (including phenoxy) is 1.